The third kappa shape index (κ3) is 3.32. The van der Waals surface area contributed by atoms with Crippen molar-refractivity contribution in [3.05, 3.63) is 54.1 Å². The van der Waals surface area contributed by atoms with Crippen molar-refractivity contribution >= 4 is 11.6 Å². The van der Waals surface area contributed by atoms with E-state index in [1.54, 1.807) is 12.2 Å². The molecule has 19 heavy (non-hydrogen) atoms. The molecule has 1 heterocycles. The van der Waals surface area contributed by atoms with Crippen molar-refractivity contribution in [2.45, 2.75) is 26.4 Å². The normalized spacial score (nSPS) is 19.7. The lowest BCUT2D eigenvalue weighted by Gasteiger charge is -2.23. The van der Waals surface area contributed by atoms with Crippen LogP contribution in [0.2, 0.25) is 0 Å². The molecule has 1 N–H and O–H groups in total. The van der Waals surface area contributed by atoms with Crippen molar-refractivity contribution in [2.75, 3.05) is 11.4 Å². The van der Waals surface area contributed by atoms with E-state index in [1.807, 2.05) is 42.2 Å². The number of nitrogens with one attached hydrogen (secondary N) is 1. The second-order valence-corrected chi connectivity index (χ2v) is 4.74. The highest BCUT2D eigenvalue weighted by Crippen LogP contribution is 2.23. The Morgan fingerprint density at radius 2 is 2.16 bits per heavy atom. The number of hydrogen-bond donors (Lipinski definition) is 1. The van der Waals surface area contributed by atoms with Gasteiger partial charge in [-0.25, -0.2) is 0 Å². The molecule has 0 saturated heterocycles. The molecule has 0 saturated carbocycles. The number of hydrogen-bond acceptors (Lipinski definition) is 2. The van der Waals surface area contributed by atoms with Gasteiger partial charge in [0.15, 0.2) is 0 Å². The Labute approximate surface area is 114 Å². The summed E-state index contributed by atoms with van der Waals surface area (Å²) in [5.41, 5.74) is 2.18. The van der Waals surface area contributed by atoms with Crippen LogP contribution in [0.25, 0.3) is 0 Å². The van der Waals surface area contributed by atoms with Gasteiger partial charge in [-0.3, -0.25) is 4.79 Å². The molecule has 0 fully saturated rings. The molecule has 0 aliphatic carbocycles. The zero-order valence-corrected chi connectivity index (χ0v) is 11.5. The SMILES string of the molecule is CC=CC=CC(=O)N1CC(C)NCc2ccccc21. The van der Waals surface area contributed by atoms with E-state index in [1.165, 1.54) is 5.56 Å². The zero-order valence-electron chi connectivity index (χ0n) is 11.5. The van der Waals surface area contributed by atoms with E-state index in [0.29, 0.717) is 6.54 Å². The van der Waals surface area contributed by atoms with Crippen LogP contribution in [0.5, 0.6) is 0 Å². The maximum atomic E-state index is 12.3. The predicted molar refractivity (Wildman–Crippen MR) is 79.1 cm³/mol. The second-order valence-electron chi connectivity index (χ2n) is 4.74. The van der Waals surface area contributed by atoms with Gasteiger partial charge in [-0.1, -0.05) is 36.4 Å². The summed E-state index contributed by atoms with van der Waals surface area (Å²) in [7, 11) is 0. The Bertz CT molecular complexity index is 505. The molecule has 0 radical (unpaired) electrons. The monoisotopic (exact) mass is 256 g/mol. The first-order valence-electron chi connectivity index (χ1n) is 6.64. The predicted octanol–water partition coefficient (Wildman–Crippen LogP) is 2.64. The largest absolute Gasteiger partial charge is 0.308 e. The van der Waals surface area contributed by atoms with Gasteiger partial charge < -0.3 is 10.2 Å². The van der Waals surface area contributed by atoms with Crippen molar-refractivity contribution in [1.82, 2.24) is 5.32 Å². The van der Waals surface area contributed by atoms with E-state index in [-0.39, 0.29) is 11.9 Å². The molecule has 1 aliphatic heterocycles. The summed E-state index contributed by atoms with van der Waals surface area (Å²) in [5.74, 6) is 0.0288. The molecule has 0 aromatic heterocycles. The molecule has 1 aliphatic rings. The van der Waals surface area contributed by atoms with E-state index in [4.69, 9.17) is 0 Å². The Morgan fingerprint density at radius 3 is 2.95 bits per heavy atom. The van der Waals surface area contributed by atoms with Crippen molar-refractivity contribution in [2.24, 2.45) is 0 Å². The van der Waals surface area contributed by atoms with Crippen LogP contribution < -0.4 is 10.2 Å². The maximum Gasteiger partial charge on any atom is 0.251 e. The minimum atomic E-state index is 0.0288. The van der Waals surface area contributed by atoms with Crippen LogP contribution >= 0.6 is 0 Å². The molecule has 0 bridgehead atoms. The highest BCUT2D eigenvalue weighted by Gasteiger charge is 2.22. The zero-order chi connectivity index (χ0) is 13.7. The number of carbonyl (C=O) groups excluding carboxylic acids is 1. The Morgan fingerprint density at radius 1 is 1.37 bits per heavy atom. The van der Waals surface area contributed by atoms with Gasteiger partial charge in [0.2, 0.25) is 0 Å². The molecule has 1 unspecified atom stereocenters. The lowest BCUT2D eigenvalue weighted by atomic mass is 10.1. The van der Waals surface area contributed by atoms with E-state index >= 15 is 0 Å². The van der Waals surface area contributed by atoms with Gasteiger partial charge in [0.1, 0.15) is 0 Å². The molecular formula is C16H20N2O. The number of anilines is 1. The van der Waals surface area contributed by atoms with Crippen LogP contribution in [0.15, 0.2) is 48.6 Å². The van der Waals surface area contributed by atoms with Gasteiger partial charge in [-0.2, -0.15) is 0 Å². The molecule has 2 rings (SSSR count). The van der Waals surface area contributed by atoms with Crippen LogP contribution in [0, 0.1) is 0 Å². The molecule has 1 aromatic carbocycles. The number of amides is 1. The van der Waals surface area contributed by atoms with Gasteiger partial charge in [0, 0.05) is 30.9 Å². The van der Waals surface area contributed by atoms with Crippen LogP contribution in [0.4, 0.5) is 5.69 Å². The fourth-order valence-corrected chi connectivity index (χ4v) is 2.19. The number of benzene rings is 1. The average molecular weight is 256 g/mol. The van der Waals surface area contributed by atoms with E-state index in [0.717, 1.165) is 12.2 Å². The van der Waals surface area contributed by atoms with Crippen LogP contribution in [0.1, 0.15) is 19.4 Å². The summed E-state index contributed by atoms with van der Waals surface area (Å²) in [6.07, 6.45) is 7.18. The minimum Gasteiger partial charge on any atom is -0.308 e. The fourth-order valence-electron chi connectivity index (χ4n) is 2.19. The average Bonchev–Trinajstić information content (AvgIpc) is 2.59. The first kappa shape index (κ1) is 13.6. The molecule has 3 nitrogen and oxygen atoms in total. The first-order chi connectivity index (χ1) is 9.22. The van der Waals surface area contributed by atoms with Gasteiger partial charge >= 0.3 is 0 Å². The van der Waals surface area contributed by atoms with Gasteiger partial charge in [-0.05, 0) is 25.5 Å². The number of carbonyl (C=O) groups is 1. The van der Waals surface area contributed by atoms with Gasteiger partial charge in [0.25, 0.3) is 5.91 Å². The number of rotatable bonds is 2. The summed E-state index contributed by atoms with van der Waals surface area (Å²) in [4.78, 5) is 14.2. The summed E-state index contributed by atoms with van der Waals surface area (Å²) in [5, 5.41) is 3.42. The summed E-state index contributed by atoms with van der Waals surface area (Å²) >= 11 is 0. The molecule has 3 heteroatoms. The molecule has 1 atom stereocenters. The summed E-state index contributed by atoms with van der Waals surface area (Å²) < 4.78 is 0. The Hall–Kier alpha value is -1.87. The van der Waals surface area contributed by atoms with Crippen LogP contribution in [-0.2, 0) is 11.3 Å². The van der Waals surface area contributed by atoms with E-state index < -0.39 is 0 Å². The lowest BCUT2D eigenvalue weighted by Crippen LogP contribution is -2.38. The fraction of sp³-hybridized carbons (Fsp3) is 0.312. The molecule has 1 amide bonds. The van der Waals surface area contributed by atoms with Crippen LogP contribution in [0.3, 0.4) is 0 Å². The molecule has 100 valence electrons. The highest BCUT2D eigenvalue weighted by molar-refractivity contribution is 6.02. The maximum absolute atomic E-state index is 12.3. The first-order valence-corrected chi connectivity index (χ1v) is 6.64. The van der Waals surface area contributed by atoms with Crippen molar-refractivity contribution in [1.29, 1.82) is 0 Å². The minimum absolute atomic E-state index is 0.0288. The summed E-state index contributed by atoms with van der Waals surface area (Å²) in [6.45, 7) is 5.53. The number of nitrogens with zero attached hydrogens (tertiary/aromatic N) is 1. The van der Waals surface area contributed by atoms with Gasteiger partial charge in [0.05, 0.1) is 0 Å². The third-order valence-electron chi connectivity index (χ3n) is 3.19. The van der Waals surface area contributed by atoms with E-state index in [9.17, 15) is 4.79 Å². The number of para-hydroxylation sites is 1. The highest BCUT2D eigenvalue weighted by atomic mass is 16.2. The Kier molecular flexibility index (Phi) is 4.53. The van der Waals surface area contributed by atoms with E-state index in [2.05, 4.69) is 18.3 Å². The number of fused-ring (bicyclic) bond motifs is 1. The Balaban J connectivity index is 2.29. The smallest absolute Gasteiger partial charge is 0.251 e. The third-order valence-corrected chi connectivity index (χ3v) is 3.19. The standard InChI is InChI=1S/C16H20N2O/c1-3-4-5-10-16(19)18-12-13(2)17-11-14-8-6-7-9-15(14)18/h3-10,13,17H,11-12H2,1-2H3. The van der Waals surface area contributed by atoms with Crippen molar-refractivity contribution < 1.29 is 4.79 Å². The lowest BCUT2D eigenvalue weighted by molar-refractivity contribution is -0.114. The number of allylic oxidation sites excluding steroid dienone is 3. The van der Waals surface area contributed by atoms with Crippen molar-refractivity contribution in [3.8, 4) is 0 Å². The van der Waals surface area contributed by atoms with Crippen LogP contribution in [-0.4, -0.2) is 18.5 Å². The molecular weight excluding hydrogens is 236 g/mol. The van der Waals surface area contributed by atoms with Crippen molar-refractivity contribution in [3.63, 3.8) is 0 Å². The second kappa shape index (κ2) is 6.34. The van der Waals surface area contributed by atoms with Gasteiger partial charge in [-0.15, -0.1) is 0 Å². The summed E-state index contributed by atoms with van der Waals surface area (Å²) in [6, 6.07) is 8.35. The topological polar surface area (TPSA) is 32.3 Å². The molecule has 0 spiro atoms. The quantitative estimate of drug-likeness (QED) is 0.651. The molecule has 1 aromatic rings.